The van der Waals surface area contributed by atoms with Crippen molar-refractivity contribution in [2.24, 2.45) is 0 Å². The van der Waals surface area contributed by atoms with Gasteiger partial charge in [-0.05, 0) is 49.6 Å². The molecule has 0 unspecified atom stereocenters. The Morgan fingerprint density at radius 2 is 1.69 bits per heavy atom. The average Bonchev–Trinajstić information content (AvgIpc) is 2.72. The zero-order valence-corrected chi connectivity index (χ0v) is 17.1. The van der Waals surface area contributed by atoms with Gasteiger partial charge in [0, 0.05) is 18.5 Å². The fourth-order valence-electron chi connectivity index (χ4n) is 2.79. The number of ketones is 1. The van der Waals surface area contributed by atoms with E-state index in [4.69, 9.17) is 9.47 Å². The molecule has 0 aromatic heterocycles. The number of esters is 1. The standard InChI is InChI=1S/C23H27NO5/c1-16-4-5-17(2)20(14-16)21(25)10-11-23(27)29-15-22(26)24-13-12-18-6-8-19(28-3)9-7-18/h4-9,14H,10-13,15H2,1-3H3,(H,24,26). The van der Waals surface area contributed by atoms with Gasteiger partial charge in [-0.3, -0.25) is 14.4 Å². The molecule has 0 aliphatic heterocycles. The number of rotatable bonds is 10. The van der Waals surface area contributed by atoms with Crippen molar-refractivity contribution in [2.45, 2.75) is 33.1 Å². The van der Waals surface area contributed by atoms with Crippen LogP contribution >= 0.6 is 0 Å². The van der Waals surface area contributed by atoms with Gasteiger partial charge < -0.3 is 14.8 Å². The fraction of sp³-hybridized carbons (Fsp3) is 0.348. The van der Waals surface area contributed by atoms with Crippen LogP contribution in [0.3, 0.4) is 0 Å². The second kappa shape index (κ2) is 11.0. The third-order valence-corrected chi connectivity index (χ3v) is 4.51. The third-order valence-electron chi connectivity index (χ3n) is 4.51. The van der Waals surface area contributed by atoms with E-state index in [0.717, 1.165) is 22.4 Å². The molecule has 6 nitrogen and oxygen atoms in total. The molecule has 0 spiro atoms. The molecule has 0 fully saturated rings. The number of amides is 1. The van der Waals surface area contributed by atoms with E-state index < -0.39 is 5.97 Å². The molecule has 29 heavy (non-hydrogen) atoms. The number of ether oxygens (including phenoxy) is 2. The Morgan fingerprint density at radius 1 is 0.966 bits per heavy atom. The van der Waals surface area contributed by atoms with Crippen molar-refractivity contribution in [2.75, 3.05) is 20.3 Å². The molecular formula is C23H27NO5. The van der Waals surface area contributed by atoms with Crippen LogP contribution in [0.1, 0.15) is 39.9 Å². The summed E-state index contributed by atoms with van der Waals surface area (Å²) < 4.78 is 10.1. The maximum absolute atomic E-state index is 12.3. The quantitative estimate of drug-likeness (QED) is 0.492. The van der Waals surface area contributed by atoms with Crippen molar-refractivity contribution in [3.05, 3.63) is 64.7 Å². The second-order valence-corrected chi connectivity index (χ2v) is 6.85. The van der Waals surface area contributed by atoms with Crippen molar-refractivity contribution in [1.82, 2.24) is 5.32 Å². The molecule has 1 N–H and O–H groups in total. The van der Waals surface area contributed by atoms with Crippen LogP contribution in [0, 0.1) is 13.8 Å². The minimum Gasteiger partial charge on any atom is -0.497 e. The van der Waals surface area contributed by atoms with Crippen LogP contribution < -0.4 is 10.1 Å². The van der Waals surface area contributed by atoms with E-state index in [1.807, 2.05) is 56.3 Å². The van der Waals surface area contributed by atoms with Crippen LogP contribution in [0.5, 0.6) is 5.75 Å². The summed E-state index contributed by atoms with van der Waals surface area (Å²) in [4.78, 5) is 35.9. The van der Waals surface area contributed by atoms with Crippen LogP contribution in [0.25, 0.3) is 0 Å². The molecule has 6 heteroatoms. The first-order valence-corrected chi connectivity index (χ1v) is 9.54. The fourth-order valence-corrected chi connectivity index (χ4v) is 2.79. The maximum Gasteiger partial charge on any atom is 0.306 e. The van der Waals surface area contributed by atoms with Gasteiger partial charge in [-0.2, -0.15) is 0 Å². The van der Waals surface area contributed by atoms with Gasteiger partial charge in [0.15, 0.2) is 12.4 Å². The monoisotopic (exact) mass is 397 g/mol. The van der Waals surface area contributed by atoms with Gasteiger partial charge in [0.1, 0.15) is 5.75 Å². The van der Waals surface area contributed by atoms with Gasteiger partial charge in [0.05, 0.1) is 13.5 Å². The summed E-state index contributed by atoms with van der Waals surface area (Å²) in [6, 6.07) is 13.2. The number of benzene rings is 2. The van der Waals surface area contributed by atoms with Crippen molar-refractivity contribution in [1.29, 1.82) is 0 Å². The first kappa shape index (κ1) is 22.1. The largest absolute Gasteiger partial charge is 0.497 e. The first-order valence-electron chi connectivity index (χ1n) is 9.54. The second-order valence-electron chi connectivity index (χ2n) is 6.85. The Balaban J connectivity index is 1.65. The topological polar surface area (TPSA) is 81.7 Å². The Hall–Kier alpha value is -3.15. The Bertz CT molecular complexity index is 858. The molecule has 1 amide bonds. The number of methoxy groups -OCH3 is 1. The molecule has 2 aromatic carbocycles. The van der Waals surface area contributed by atoms with E-state index in [-0.39, 0.29) is 31.1 Å². The predicted molar refractivity (Wildman–Crippen MR) is 110 cm³/mol. The van der Waals surface area contributed by atoms with Gasteiger partial charge in [-0.15, -0.1) is 0 Å². The summed E-state index contributed by atoms with van der Waals surface area (Å²) in [5.41, 5.74) is 3.56. The molecule has 154 valence electrons. The molecule has 0 heterocycles. The molecule has 0 saturated heterocycles. The Labute approximate surface area is 171 Å². The lowest BCUT2D eigenvalue weighted by molar-refractivity contribution is -0.148. The van der Waals surface area contributed by atoms with Crippen molar-refractivity contribution < 1.29 is 23.9 Å². The van der Waals surface area contributed by atoms with E-state index in [0.29, 0.717) is 18.5 Å². The highest BCUT2D eigenvalue weighted by Crippen LogP contribution is 2.14. The minimum atomic E-state index is -0.561. The summed E-state index contributed by atoms with van der Waals surface area (Å²) in [5, 5.41) is 2.71. The van der Waals surface area contributed by atoms with Crippen LogP contribution in [0.15, 0.2) is 42.5 Å². The SMILES string of the molecule is COc1ccc(CCNC(=O)COC(=O)CCC(=O)c2cc(C)ccc2C)cc1. The Kier molecular flexibility index (Phi) is 8.40. The summed E-state index contributed by atoms with van der Waals surface area (Å²) in [6.07, 6.45) is 0.668. The molecule has 0 aliphatic carbocycles. The highest BCUT2D eigenvalue weighted by Gasteiger charge is 2.13. The summed E-state index contributed by atoms with van der Waals surface area (Å²) in [7, 11) is 1.61. The average molecular weight is 397 g/mol. The predicted octanol–water partition coefficient (Wildman–Crippen LogP) is 3.18. The zero-order valence-electron chi connectivity index (χ0n) is 17.1. The van der Waals surface area contributed by atoms with E-state index in [9.17, 15) is 14.4 Å². The Morgan fingerprint density at radius 3 is 2.38 bits per heavy atom. The minimum absolute atomic E-state index is 0.0503. The molecule has 0 aliphatic rings. The molecular weight excluding hydrogens is 370 g/mol. The van der Waals surface area contributed by atoms with Crippen LogP contribution in [-0.2, 0) is 20.7 Å². The summed E-state index contributed by atoms with van der Waals surface area (Å²) in [6.45, 7) is 3.87. The summed E-state index contributed by atoms with van der Waals surface area (Å²) >= 11 is 0. The number of aryl methyl sites for hydroxylation is 2. The molecule has 0 atom stereocenters. The lowest BCUT2D eigenvalue weighted by atomic mass is 9.99. The molecule has 0 saturated carbocycles. The van der Waals surface area contributed by atoms with Crippen molar-refractivity contribution >= 4 is 17.7 Å². The molecule has 2 rings (SSSR count). The zero-order chi connectivity index (χ0) is 21.2. The number of carbonyl (C=O) groups is 3. The number of nitrogens with one attached hydrogen (secondary N) is 1. The number of hydrogen-bond acceptors (Lipinski definition) is 5. The van der Waals surface area contributed by atoms with Crippen LogP contribution in [0.4, 0.5) is 0 Å². The third kappa shape index (κ3) is 7.41. The lowest BCUT2D eigenvalue weighted by Crippen LogP contribution is -2.30. The number of Topliss-reactive ketones (excluding diaryl/α,β-unsaturated/α-hetero) is 1. The number of hydrogen-bond donors (Lipinski definition) is 1. The maximum atomic E-state index is 12.3. The van der Waals surface area contributed by atoms with Crippen LogP contribution in [-0.4, -0.2) is 37.9 Å². The van der Waals surface area contributed by atoms with Gasteiger partial charge >= 0.3 is 5.97 Å². The highest BCUT2D eigenvalue weighted by atomic mass is 16.5. The summed E-state index contributed by atoms with van der Waals surface area (Å²) in [5.74, 6) is -0.255. The first-order chi connectivity index (χ1) is 13.9. The van der Waals surface area contributed by atoms with Gasteiger partial charge in [-0.25, -0.2) is 0 Å². The van der Waals surface area contributed by atoms with Crippen molar-refractivity contribution in [3.8, 4) is 5.75 Å². The molecule has 0 bridgehead atoms. The number of carbonyl (C=O) groups excluding carboxylic acids is 3. The normalized spacial score (nSPS) is 10.3. The smallest absolute Gasteiger partial charge is 0.306 e. The molecule has 0 radical (unpaired) electrons. The van der Waals surface area contributed by atoms with E-state index in [1.54, 1.807) is 7.11 Å². The van der Waals surface area contributed by atoms with Crippen molar-refractivity contribution in [3.63, 3.8) is 0 Å². The van der Waals surface area contributed by atoms with Gasteiger partial charge in [-0.1, -0.05) is 29.8 Å². The highest BCUT2D eigenvalue weighted by molar-refractivity contribution is 5.99. The lowest BCUT2D eigenvalue weighted by Gasteiger charge is -2.08. The van der Waals surface area contributed by atoms with Crippen LogP contribution in [0.2, 0.25) is 0 Å². The molecule has 2 aromatic rings. The van der Waals surface area contributed by atoms with E-state index >= 15 is 0 Å². The van der Waals surface area contributed by atoms with E-state index in [2.05, 4.69) is 5.32 Å². The van der Waals surface area contributed by atoms with E-state index in [1.165, 1.54) is 0 Å². The van der Waals surface area contributed by atoms with Gasteiger partial charge in [0.2, 0.25) is 0 Å². The van der Waals surface area contributed by atoms with Gasteiger partial charge in [0.25, 0.3) is 5.91 Å².